The van der Waals surface area contributed by atoms with E-state index in [1.807, 2.05) is 13.8 Å². The van der Waals surface area contributed by atoms with E-state index in [0.717, 1.165) is 12.8 Å². The van der Waals surface area contributed by atoms with Crippen LogP contribution in [0.2, 0.25) is 0 Å². The number of ether oxygens (including phenoxy) is 3. The lowest BCUT2D eigenvalue weighted by atomic mass is 10.2. The molecule has 0 spiro atoms. The van der Waals surface area contributed by atoms with Crippen molar-refractivity contribution in [2.24, 2.45) is 0 Å². The maximum Gasteiger partial charge on any atom is 0.505 e. The molecule has 0 aromatic heterocycles. The summed E-state index contributed by atoms with van der Waals surface area (Å²) >= 11 is 0. The van der Waals surface area contributed by atoms with Crippen molar-refractivity contribution in [3.63, 3.8) is 0 Å². The Morgan fingerprint density at radius 3 is 2.53 bits per heavy atom. The Bertz CT molecular complexity index is 195. The molecule has 0 aliphatic heterocycles. The second-order valence-corrected chi connectivity index (χ2v) is 3.89. The van der Waals surface area contributed by atoms with Crippen LogP contribution in [0.4, 0.5) is 4.79 Å². The molecule has 0 heterocycles. The van der Waals surface area contributed by atoms with Gasteiger partial charge in [0.2, 0.25) is 0 Å². The van der Waals surface area contributed by atoms with E-state index in [9.17, 15) is 4.79 Å². The highest BCUT2D eigenvalue weighted by molar-refractivity contribution is 5.56. The molecule has 0 aromatic carbocycles. The molecule has 1 N–H and O–H groups in total. The molecule has 0 aromatic rings. The molecule has 5 heteroatoms. The third kappa shape index (κ3) is 10.1. The van der Waals surface area contributed by atoms with E-state index in [2.05, 4.69) is 11.7 Å². The van der Waals surface area contributed by atoms with Crippen LogP contribution >= 0.6 is 0 Å². The van der Waals surface area contributed by atoms with Gasteiger partial charge in [0.1, 0.15) is 0 Å². The Morgan fingerprint density at radius 2 is 2.00 bits per heavy atom. The summed E-state index contributed by atoms with van der Waals surface area (Å²) in [5.41, 5.74) is 0. The minimum atomic E-state index is -1.22. The molecule has 0 saturated heterocycles. The summed E-state index contributed by atoms with van der Waals surface area (Å²) in [6.45, 7) is 7.52. The molecule has 17 heavy (non-hydrogen) atoms. The van der Waals surface area contributed by atoms with Crippen LogP contribution in [0.25, 0.3) is 0 Å². The second kappa shape index (κ2) is 10.4. The Balaban J connectivity index is 3.50. The zero-order valence-electron chi connectivity index (χ0n) is 11.0. The predicted molar refractivity (Wildman–Crippen MR) is 64.3 cm³/mol. The Labute approximate surface area is 103 Å². The fourth-order valence-corrected chi connectivity index (χ4v) is 1.40. The first-order chi connectivity index (χ1) is 8.10. The monoisotopic (exact) mass is 248 g/mol. The van der Waals surface area contributed by atoms with Gasteiger partial charge in [-0.05, 0) is 33.1 Å². The number of hydrogen-bond donors (Lipinski definition) is 1. The normalized spacial score (nSPS) is 14.3. The maximum atomic E-state index is 10.1. The van der Waals surface area contributed by atoms with Gasteiger partial charge in [0.15, 0.2) is 0 Å². The topological polar surface area (TPSA) is 65.0 Å². The lowest BCUT2D eigenvalue weighted by Gasteiger charge is -2.18. The van der Waals surface area contributed by atoms with Gasteiger partial charge < -0.3 is 19.3 Å². The molecule has 2 atom stereocenters. The molecule has 0 radical (unpaired) electrons. The van der Waals surface area contributed by atoms with Crippen molar-refractivity contribution in [2.45, 2.75) is 52.2 Å². The quantitative estimate of drug-likeness (QED) is 0.475. The second-order valence-electron chi connectivity index (χ2n) is 3.89. The molecule has 0 saturated carbocycles. The van der Waals surface area contributed by atoms with E-state index >= 15 is 0 Å². The highest BCUT2D eigenvalue weighted by atomic mass is 16.7. The summed E-state index contributed by atoms with van der Waals surface area (Å²) in [5.74, 6) is 0. The molecule has 0 aliphatic carbocycles. The average molecular weight is 248 g/mol. The van der Waals surface area contributed by atoms with Crippen molar-refractivity contribution in [3.8, 4) is 0 Å². The van der Waals surface area contributed by atoms with Crippen molar-refractivity contribution >= 4 is 6.16 Å². The van der Waals surface area contributed by atoms with Crippen molar-refractivity contribution in [3.05, 3.63) is 0 Å². The number of carboxylic acid groups (broad SMARTS) is 1. The fourth-order valence-electron chi connectivity index (χ4n) is 1.40. The third-order valence-electron chi connectivity index (χ3n) is 2.40. The van der Waals surface area contributed by atoms with Gasteiger partial charge in [-0.3, -0.25) is 0 Å². The summed E-state index contributed by atoms with van der Waals surface area (Å²) < 4.78 is 15.5. The molecule has 2 unspecified atom stereocenters. The fraction of sp³-hybridized carbons (Fsp3) is 0.917. The predicted octanol–water partition coefficient (Wildman–Crippen LogP) is 2.68. The van der Waals surface area contributed by atoms with Gasteiger partial charge in [0, 0.05) is 6.61 Å². The van der Waals surface area contributed by atoms with E-state index in [4.69, 9.17) is 14.6 Å². The van der Waals surface area contributed by atoms with E-state index < -0.39 is 6.16 Å². The molecule has 0 fully saturated rings. The highest BCUT2D eigenvalue weighted by Crippen LogP contribution is 2.06. The summed E-state index contributed by atoms with van der Waals surface area (Å²) in [4.78, 5) is 10.1. The summed E-state index contributed by atoms with van der Waals surface area (Å²) in [6.07, 6.45) is 1.43. The summed E-state index contributed by atoms with van der Waals surface area (Å²) in [6, 6.07) is 0. The van der Waals surface area contributed by atoms with Crippen molar-refractivity contribution in [1.29, 1.82) is 0 Å². The molecule has 5 nitrogen and oxygen atoms in total. The molecule has 102 valence electrons. The maximum absolute atomic E-state index is 10.1. The highest BCUT2D eigenvalue weighted by Gasteiger charge is 2.09. The smallest absolute Gasteiger partial charge is 0.450 e. The van der Waals surface area contributed by atoms with Crippen LogP contribution in [0.1, 0.15) is 40.0 Å². The van der Waals surface area contributed by atoms with Crippen LogP contribution in [0.3, 0.4) is 0 Å². The average Bonchev–Trinajstić information content (AvgIpc) is 2.29. The molecule has 0 rings (SSSR count). The van der Waals surface area contributed by atoms with Gasteiger partial charge in [0.25, 0.3) is 0 Å². The van der Waals surface area contributed by atoms with Gasteiger partial charge in [0.05, 0.1) is 25.4 Å². The van der Waals surface area contributed by atoms with Gasteiger partial charge in [-0.15, -0.1) is 0 Å². The van der Waals surface area contributed by atoms with Crippen molar-refractivity contribution in [2.75, 3.05) is 19.8 Å². The Kier molecular flexibility index (Phi) is 9.86. The van der Waals surface area contributed by atoms with Crippen LogP contribution in [0, 0.1) is 0 Å². The minimum Gasteiger partial charge on any atom is -0.450 e. The van der Waals surface area contributed by atoms with Gasteiger partial charge >= 0.3 is 6.16 Å². The molecule has 0 aliphatic rings. The van der Waals surface area contributed by atoms with Crippen LogP contribution < -0.4 is 0 Å². The van der Waals surface area contributed by atoms with Crippen LogP contribution in [-0.4, -0.2) is 43.3 Å². The minimum absolute atomic E-state index is 0.0990. The number of carbonyl (C=O) groups is 1. The first-order valence-corrected chi connectivity index (χ1v) is 6.19. The Morgan fingerprint density at radius 1 is 1.29 bits per heavy atom. The van der Waals surface area contributed by atoms with Crippen molar-refractivity contribution < 1.29 is 24.1 Å². The van der Waals surface area contributed by atoms with E-state index in [0.29, 0.717) is 19.6 Å². The zero-order chi connectivity index (χ0) is 13.1. The van der Waals surface area contributed by atoms with E-state index in [-0.39, 0.29) is 18.8 Å². The lowest BCUT2D eigenvalue weighted by Crippen LogP contribution is -2.22. The van der Waals surface area contributed by atoms with Crippen LogP contribution in [0.5, 0.6) is 0 Å². The molecular formula is C12H24O5. The van der Waals surface area contributed by atoms with Gasteiger partial charge in [-0.1, -0.05) is 6.92 Å². The zero-order valence-corrected chi connectivity index (χ0v) is 11.0. The van der Waals surface area contributed by atoms with E-state index in [1.165, 1.54) is 0 Å². The molecule has 0 amide bonds. The number of rotatable bonds is 10. The summed E-state index contributed by atoms with van der Waals surface area (Å²) in [5, 5.41) is 8.28. The third-order valence-corrected chi connectivity index (χ3v) is 2.40. The lowest BCUT2D eigenvalue weighted by molar-refractivity contribution is -0.0404. The van der Waals surface area contributed by atoms with Crippen molar-refractivity contribution in [1.82, 2.24) is 0 Å². The molecular weight excluding hydrogens is 224 g/mol. The number of hydrogen-bond acceptors (Lipinski definition) is 4. The van der Waals surface area contributed by atoms with Crippen LogP contribution in [0.15, 0.2) is 0 Å². The summed E-state index contributed by atoms with van der Waals surface area (Å²) in [7, 11) is 0. The standard InChI is InChI=1S/C12H24O5/c1-4-11(15-5-2)9-17-10(3)7-6-8-16-12(13)14/h10-11H,4-9H2,1-3H3,(H,13,14). The van der Waals surface area contributed by atoms with Gasteiger partial charge in [-0.2, -0.15) is 0 Å². The molecule has 0 bridgehead atoms. The first-order valence-electron chi connectivity index (χ1n) is 6.19. The van der Waals surface area contributed by atoms with Crippen LogP contribution in [-0.2, 0) is 14.2 Å². The SMILES string of the molecule is CCOC(CC)COC(C)CCCOC(=O)O. The van der Waals surface area contributed by atoms with Gasteiger partial charge in [-0.25, -0.2) is 4.79 Å². The first kappa shape index (κ1) is 16.2. The van der Waals surface area contributed by atoms with E-state index in [1.54, 1.807) is 0 Å². The Hall–Kier alpha value is -0.810. The largest absolute Gasteiger partial charge is 0.505 e.